The maximum absolute atomic E-state index is 11.9. The Balaban J connectivity index is 1.96. The third-order valence-corrected chi connectivity index (χ3v) is 4.78. The van der Waals surface area contributed by atoms with Crippen LogP contribution in [0.3, 0.4) is 0 Å². The Morgan fingerprint density at radius 1 is 1.27 bits per heavy atom. The van der Waals surface area contributed by atoms with Crippen LogP contribution in [0.5, 0.6) is 0 Å². The van der Waals surface area contributed by atoms with Crippen LogP contribution in [-0.4, -0.2) is 56.9 Å². The number of hydrogen-bond donors (Lipinski definition) is 1. The molecule has 0 radical (unpaired) electrons. The molecule has 0 aromatic carbocycles. The second-order valence-electron chi connectivity index (χ2n) is 4.18. The van der Waals surface area contributed by atoms with E-state index in [2.05, 4.69) is 5.32 Å². The van der Waals surface area contributed by atoms with Gasteiger partial charge in [-0.3, -0.25) is 4.79 Å². The van der Waals surface area contributed by atoms with E-state index < -0.39 is 9.84 Å². The molecule has 15 heavy (non-hydrogen) atoms. The van der Waals surface area contributed by atoms with Crippen molar-refractivity contribution in [1.82, 2.24) is 10.2 Å². The first-order valence-corrected chi connectivity index (χ1v) is 7.10. The zero-order valence-electron chi connectivity index (χ0n) is 8.61. The molecule has 0 bridgehead atoms. The fourth-order valence-electron chi connectivity index (χ4n) is 2.13. The zero-order valence-corrected chi connectivity index (χ0v) is 9.42. The second-order valence-corrected chi connectivity index (χ2v) is 6.40. The van der Waals surface area contributed by atoms with E-state index in [-0.39, 0.29) is 23.3 Å². The average Bonchev–Trinajstić information content (AvgIpc) is 2.59. The summed E-state index contributed by atoms with van der Waals surface area (Å²) < 4.78 is 22.5. The van der Waals surface area contributed by atoms with Gasteiger partial charge in [-0.2, -0.15) is 0 Å². The van der Waals surface area contributed by atoms with Crippen LogP contribution >= 0.6 is 0 Å². The summed E-state index contributed by atoms with van der Waals surface area (Å²) in [4.78, 5) is 13.7. The number of carbonyl (C=O) groups excluding carboxylic acids is 1. The Kier molecular flexibility index (Phi) is 2.97. The Morgan fingerprint density at radius 3 is 2.47 bits per heavy atom. The van der Waals surface area contributed by atoms with Crippen molar-refractivity contribution in [2.75, 3.05) is 37.7 Å². The average molecular weight is 232 g/mol. The maximum atomic E-state index is 11.9. The highest BCUT2D eigenvalue weighted by Gasteiger charge is 2.35. The van der Waals surface area contributed by atoms with Gasteiger partial charge in [0.1, 0.15) is 0 Å². The Morgan fingerprint density at radius 2 is 1.93 bits per heavy atom. The van der Waals surface area contributed by atoms with Crippen LogP contribution in [0, 0.1) is 5.92 Å². The van der Waals surface area contributed by atoms with Crippen LogP contribution in [0.4, 0.5) is 0 Å². The fourth-order valence-corrected chi connectivity index (χ4v) is 3.87. The Bertz CT molecular complexity index is 346. The molecule has 1 atom stereocenters. The monoisotopic (exact) mass is 232 g/mol. The number of nitrogens with zero attached hydrogens (tertiary/aromatic N) is 1. The number of carbonyl (C=O) groups is 1. The molecule has 0 spiro atoms. The first kappa shape index (κ1) is 10.9. The van der Waals surface area contributed by atoms with Gasteiger partial charge in [0, 0.05) is 26.2 Å². The minimum absolute atomic E-state index is 0.0255. The molecular weight excluding hydrogens is 216 g/mol. The summed E-state index contributed by atoms with van der Waals surface area (Å²) in [7, 11) is -2.94. The first-order chi connectivity index (χ1) is 7.08. The van der Waals surface area contributed by atoms with Crippen molar-refractivity contribution >= 4 is 15.7 Å². The lowest BCUT2D eigenvalue weighted by atomic mass is 10.1. The van der Waals surface area contributed by atoms with Gasteiger partial charge in [0.05, 0.1) is 17.4 Å². The summed E-state index contributed by atoms with van der Waals surface area (Å²) in [6.45, 7) is 3.03. The summed E-state index contributed by atoms with van der Waals surface area (Å²) in [6, 6.07) is 0. The minimum Gasteiger partial charge on any atom is -0.340 e. The number of rotatable bonds is 1. The van der Waals surface area contributed by atoms with Gasteiger partial charge < -0.3 is 10.2 Å². The molecule has 0 aromatic rings. The molecule has 1 amide bonds. The first-order valence-electron chi connectivity index (χ1n) is 5.28. The molecule has 86 valence electrons. The number of nitrogens with one attached hydrogen (secondary N) is 1. The molecule has 2 aliphatic rings. The van der Waals surface area contributed by atoms with Crippen LogP contribution in [0.1, 0.15) is 6.42 Å². The van der Waals surface area contributed by atoms with E-state index in [0.29, 0.717) is 19.5 Å². The van der Waals surface area contributed by atoms with Gasteiger partial charge in [-0.05, 0) is 6.42 Å². The third kappa shape index (κ3) is 2.49. The van der Waals surface area contributed by atoms with E-state index in [0.717, 1.165) is 13.1 Å². The molecule has 1 N–H and O–H groups in total. The van der Waals surface area contributed by atoms with E-state index in [9.17, 15) is 13.2 Å². The molecule has 2 heterocycles. The fraction of sp³-hybridized carbons (Fsp3) is 0.889. The molecule has 2 aliphatic heterocycles. The van der Waals surface area contributed by atoms with Crippen molar-refractivity contribution < 1.29 is 13.2 Å². The normalized spacial score (nSPS) is 30.4. The molecule has 0 saturated carbocycles. The molecule has 0 aliphatic carbocycles. The van der Waals surface area contributed by atoms with Crippen molar-refractivity contribution in [2.24, 2.45) is 5.92 Å². The quantitative estimate of drug-likeness (QED) is 0.620. The summed E-state index contributed by atoms with van der Waals surface area (Å²) in [5.41, 5.74) is 0. The number of hydrogen-bond acceptors (Lipinski definition) is 4. The lowest BCUT2D eigenvalue weighted by Gasteiger charge is -2.29. The van der Waals surface area contributed by atoms with Crippen molar-refractivity contribution in [3.63, 3.8) is 0 Å². The van der Waals surface area contributed by atoms with Crippen LogP contribution in [0.2, 0.25) is 0 Å². The second kappa shape index (κ2) is 4.09. The van der Waals surface area contributed by atoms with Gasteiger partial charge in [-0.15, -0.1) is 0 Å². The molecule has 2 saturated heterocycles. The smallest absolute Gasteiger partial charge is 0.226 e. The number of sulfone groups is 1. The molecule has 0 aromatic heterocycles. The van der Waals surface area contributed by atoms with Gasteiger partial charge >= 0.3 is 0 Å². The van der Waals surface area contributed by atoms with Gasteiger partial charge in [-0.1, -0.05) is 0 Å². The Hall–Kier alpha value is -0.620. The summed E-state index contributed by atoms with van der Waals surface area (Å²) in [5.74, 6) is -0.0312. The van der Waals surface area contributed by atoms with E-state index in [1.54, 1.807) is 4.90 Å². The van der Waals surface area contributed by atoms with Gasteiger partial charge in [0.25, 0.3) is 0 Å². The standard InChI is InChI=1S/C9H16N2O3S/c12-9(11-4-2-10-3-5-11)8-1-6-15(13,14)7-8/h8,10H,1-7H2/t8-/m0/s1. The van der Waals surface area contributed by atoms with Crippen molar-refractivity contribution in [1.29, 1.82) is 0 Å². The molecule has 0 unspecified atom stereocenters. The van der Waals surface area contributed by atoms with Crippen molar-refractivity contribution in [3.8, 4) is 0 Å². The predicted octanol–water partition coefficient (Wildman–Crippen LogP) is -1.15. The number of piperazine rings is 1. The maximum Gasteiger partial charge on any atom is 0.226 e. The van der Waals surface area contributed by atoms with E-state index in [1.807, 2.05) is 0 Å². The van der Waals surface area contributed by atoms with E-state index in [1.165, 1.54) is 0 Å². The van der Waals surface area contributed by atoms with Crippen molar-refractivity contribution in [3.05, 3.63) is 0 Å². The van der Waals surface area contributed by atoms with Gasteiger partial charge in [0.2, 0.25) is 5.91 Å². The van der Waals surface area contributed by atoms with Crippen LogP contribution < -0.4 is 5.32 Å². The molecule has 2 rings (SSSR count). The summed E-state index contributed by atoms with van der Waals surface area (Å²) in [5, 5.41) is 3.16. The Labute approximate surface area is 89.7 Å². The highest BCUT2D eigenvalue weighted by atomic mass is 32.2. The third-order valence-electron chi connectivity index (χ3n) is 3.01. The van der Waals surface area contributed by atoms with Gasteiger partial charge in [0.15, 0.2) is 9.84 Å². The van der Waals surface area contributed by atoms with Crippen LogP contribution in [0.25, 0.3) is 0 Å². The summed E-state index contributed by atoms with van der Waals surface area (Å²) in [6.07, 6.45) is 0.505. The van der Waals surface area contributed by atoms with Crippen LogP contribution in [-0.2, 0) is 14.6 Å². The topological polar surface area (TPSA) is 66.5 Å². The van der Waals surface area contributed by atoms with Crippen molar-refractivity contribution in [2.45, 2.75) is 6.42 Å². The van der Waals surface area contributed by atoms with Crippen LogP contribution in [0.15, 0.2) is 0 Å². The molecule has 5 nitrogen and oxygen atoms in total. The highest BCUT2D eigenvalue weighted by Crippen LogP contribution is 2.20. The molecular formula is C9H16N2O3S. The predicted molar refractivity (Wildman–Crippen MR) is 56.2 cm³/mol. The number of amides is 1. The minimum atomic E-state index is -2.94. The van der Waals surface area contributed by atoms with E-state index in [4.69, 9.17) is 0 Å². The summed E-state index contributed by atoms with van der Waals surface area (Å²) >= 11 is 0. The van der Waals surface area contributed by atoms with Gasteiger partial charge in [-0.25, -0.2) is 8.42 Å². The van der Waals surface area contributed by atoms with E-state index >= 15 is 0 Å². The lowest BCUT2D eigenvalue weighted by molar-refractivity contribution is -0.135. The SMILES string of the molecule is O=C([C@H]1CCS(=O)(=O)C1)N1CCNCC1. The molecule has 6 heteroatoms. The largest absolute Gasteiger partial charge is 0.340 e. The highest BCUT2D eigenvalue weighted by molar-refractivity contribution is 7.91. The molecule has 2 fully saturated rings. The lowest BCUT2D eigenvalue weighted by Crippen LogP contribution is -2.48. The zero-order chi connectivity index (χ0) is 10.9.